The zero-order valence-corrected chi connectivity index (χ0v) is 9.69. The monoisotopic (exact) mass is 220 g/mol. The Balaban J connectivity index is 2.00. The molecule has 0 aromatic rings. The average molecular weight is 219 g/mol. The predicted molar refractivity (Wildman–Crippen MR) is 41.2 cm³/mol. The molecule has 0 N–H and O–H groups in total. The van der Waals surface area contributed by atoms with Gasteiger partial charge in [-0.2, -0.15) is 0 Å². The first-order chi connectivity index (χ1) is 4.00. The third kappa shape index (κ3) is 2.95. The Labute approximate surface area is 62.3 Å². The van der Waals surface area contributed by atoms with E-state index in [1.165, 1.54) is 6.42 Å². The van der Waals surface area contributed by atoms with Crippen LogP contribution in [0, 0.1) is 0 Å². The van der Waals surface area contributed by atoms with Crippen LogP contribution in [0.3, 0.4) is 0 Å². The van der Waals surface area contributed by atoms with Gasteiger partial charge in [-0.05, 0) is 0 Å². The van der Waals surface area contributed by atoms with E-state index in [1.54, 1.807) is 34.6 Å². The number of rotatable bonds is 0. The van der Waals surface area contributed by atoms with E-state index in [9.17, 15) is 0 Å². The van der Waals surface area contributed by atoms with Crippen molar-refractivity contribution in [3.8, 4) is 0 Å². The van der Waals surface area contributed by atoms with Crippen LogP contribution in [0.1, 0.15) is 32.1 Å². The molecule has 0 nitrogen and oxygen atoms in total. The van der Waals surface area contributed by atoms with Crippen LogP contribution in [-0.2, 0) is 0 Å². The zero-order chi connectivity index (χ0) is 5.66. The van der Waals surface area contributed by atoms with Crippen molar-refractivity contribution in [2.75, 3.05) is 0 Å². The standard InChI is InChI=1S/C7H14.Sn.2H/c1-3-5-7-6-4-2;;;/h1-7H2;;;. The van der Waals surface area contributed by atoms with Crippen molar-refractivity contribution in [1.29, 1.82) is 0 Å². The summed E-state index contributed by atoms with van der Waals surface area (Å²) in [5.74, 6) is 0. The van der Waals surface area contributed by atoms with Gasteiger partial charge in [-0.15, -0.1) is 0 Å². The van der Waals surface area contributed by atoms with Crippen molar-refractivity contribution in [2.24, 2.45) is 0 Å². The SMILES string of the molecule is C1CC[CH2][SnH2][CH2]CC1. The second kappa shape index (κ2) is 4.66. The molecule has 0 aromatic carbocycles. The topological polar surface area (TPSA) is 0 Å². The summed E-state index contributed by atoms with van der Waals surface area (Å²) in [6, 6.07) is 0. The van der Waals surface area contributed by atoms with Crippen molar-refractivity contribution in [3.63, 3.8) is 0 Å². The molecular weight excluding hydrogens is 203 g/mol. The molecule has 0 spiro atoms. The molecule has 0 bridgehead atoms. The molecule has 0 unspecified atom stereocenters. The Kier molecular flexibility index (Phi) is 4.02. The molecule has 0 atom stereocenters. The molecule has 0 aromatic heterocycles. The molecule has 1 aliphatic rings. The quantitative estimate of drug-likeness (QED) is 0.546. The second-order valence-corrected chi connectivity index (χ2v) is 8.88. The van der Waals surface area contributed by atoms with E-state index < -0.39 is 0 Å². The molecule has 8 heavy (non-hydrogen) atoms. The summed E-state index contributed by atoms with van der Waals surface area (Å²) in [6.45, 7) is 0. The molecule has 1 heterocycles. The third-order valence-corrected chi connectivity index (χ3v) is 7.71. The molecular formula is C7H16Sn. The Morgan fingerprint density at radius 1 is 0.625 bits per heavy atom. The molecule has 0 amide bonds. The van der Waals surface area contributed by atoms with Crippen LogP contribution in [0.25, 0.3) is 0 Å². The zero-order valence-electron chi connectivity index (χ0n) is 5.66. The number of hydrogen-bond acceptors (Lipinski definition) is 0. The van der Waals surface area contributed by atoms with Gasteiger partial charge >= 0.3 is 62.1 Å². The van der Waals surface area contributed by atoms with Crippen molar-refractivity contribution in [3.05, 3.63) is 0 Å². The Morgan fingerprint density at radius 2 is 1.12 bits per heavy atom. The van der Waals surface area contributed by atoms with Gasteiger partial charge in [-0.3, -0.25) is 0 Å². The van der Waals surface area contributed by atoms with Crippen molar-refractivity contribution < 1.29 is 0 Å². The van der Waals surface area contributed by atoms with Gasteiger partial charge in [0.15, 0.2) is 0 Å². The van der Waals surface area contributed by atoms with Gasteiger partial charge in [0, 0.05) is 0 Å². The second-order valence-electron chi connectivity index (χ2n) is 2.83. The van der Waals surface area contributed by atoms with Gasteiger partial charge in [-0.1, -0.05) is 0 Å². The van der Waals surface area contributed by atoms with Crippen molar-refractivity contribution >= 4 is 21.1 Å². The van der Waals surface area contributed by atoms with Gasteiger partial charge in [0.25, 0.3) is 0 Å². The maximum atomic E-state index is 1.71. The van der Waals surface area contributed by atoms with Gasteiger partial charge < -0.3 is 0 Å². The first-order valence-electron chi connectivity index (χ1n) is 4.00. The van der Waals surface area contributed by atoms with E-state index in [2.05, 4.69) is 0 Å². The molecule has 0 aliphatic carbocycles. The fraction of sp³-hybridized carbons (Fsp3) is 1.00. The fourth-order valence-electron chi connectivity index (χ4n) is 1.41. The summed E-state index contributed by atoms with van der Waals surface area (Å²) in [7, 11) is 0. The van der Waals surface area contributed by atoms with E-state index >= 15 is 0 Å². The van der Waals surface area contributed by atoms with Gasteiger partial charge in [0.2, 0.25) is 0 Å². The minimum absolute atomic E-state index is 0.0853. The van der Waals surface area contributed by atoms with Crippen LogP contribution in [0.15, 0.2) is 0 Å². The maximum absolute atomic E-state index is 1.71. The van der Waals surface area contributed by atoms with Crippen LogP contribution >= 0.6 is 0 Å². The van der Waals surface area contributed by atoms with E-state index in [1.807, 2.05) is 0 Å². The molecule has 0 radical (unpaired) electrons. The molecule has 48 valence electrons. The Bertz CT molecular complexity index is 28.3. The Hall–Kier alpha value is 0.799. The van der Waals surface area contributed by atoms with E-state index in [4.69, 9.17) is 0 Å². The molecule has 1 rings (SSSR count). The van der Waals surface area contributed by atoms with Gasteiger partial charge in [-0.25, -0.2) is 0 Å². The molecule has 1 aliphatic heterocycles. The average Bonchev–Trinajstić information content (AvgIpc) is 1.62. The fourth-order valence-corrected chi connectivity index (χ4v) is 6.46. The summed E-state index contributed by atoms with van der Waals surface area (Å²) in [6.07, 6.45) is 7.83. The van der Waals surface area contributed by atoms with Crippen LogP contribution in [0.5, 0.6) is 0 Å². The van der Waals surface area contributed by atoms with Crippen LogP contribution in [0.4, 0.5) is 0 Å². The molecule has 1 saturated heterocycles. The van der Waals surface area contributed by atoms with E-state index in [0.717, 1.165) is 0 Å². The molecule has 1 heteroatoms. The van der Waals surface area contributed by atoms with Crippen LogP contribution in [0.2, 0.25) is 8.87 Å². The normalized spacial score (nSPS) is 24.0. The molecule has 0 saturated carbocycles. The Morgan fingerprint density at radius 3 is 1.75 bits per heavy atom. The molecule has 1 fully saturated rings. The van der Waals surface area contributed by atoms with Gasteiger partial charge in [0.05, 0.1) is 0 Å². The summed E-state index contributed by atoms with van der Waals surface area (Å²) >= 11 is -0.0853. The minimum atomic E-state index is -0.0853. The van der Waals surface area contributed by atoms with E-state index in [-0.39, 0.29) is 21.1 Å². The van der Waals surface area contributed by atoms with Crippen molar-refractivity contribution in [1.82, 2.24) is 0 Å². The van der Waals surface area contributed by atoms with Crippen molar-refractivity contribution in [2.45, 2.75) is 41.0 Å². The van der Waals surface area contributed by atoms with E-state index in [0.29, 0.717) is 0 Å². The summed E-state index contributed by atoms with van der Waals surface area (Å²) in [4.78, 5) is 0. The number of hydrogen-bond donors (Lipinski definition) is 0. The van der Waals surface area contributed by atoms with Gasteiger partial charge in [0.1, 0.15) is 0 Å². The van der Waals surface area contributed by atoms with Crippen LogP contribution < -0.4 is 0 Å². The first-order valence-corrected chi connectivity index (χ1v) is 9.71. The first kappa shape index (κ1) is 6.91. The summed E-state index contributed by atoms with van der Waals surface area (Å²) in [5, 5.41) is 0. The van der Waals surface area contributed by atoms with Crippen LogP contribution in [-0.4, -0.2) is 21.1 Å². The summed E-state index contributed by atoms with van der Waals surface area (Å²) < 4.78 is 3.42. The third-order valence-electron chi connectivity index (χ3n) is 2.00. The summed E-state index contributed by atoms with van der Waals surface area (Å²) in [5.41, 5.74) is 0. The predicted octanol–water partition coefficient (Wildman–Crippen LogP) is 1.96.